The second-order valence-electron chi connectivity index (χ2n) is 4.25. The summed E-state index contributed by atoms with van der Waals surface area (Å²) in [5.41, 5.74) is 4.14. The number of aromatic amines is 1. The first-order valence-electron chi connectivity index (χ1n) is 5.79. The summed E-state index contributed by atoms with van der Waals surface area (Å²) in [4.78, 5) is 3.16. The van der Waals surface area contributed by atoms with Gasteiger partial charge in [-0.2, -0.15) is 0 Å². The van der Waals surface area contributed by atoms with E-state index in [1.54, 1.807) is 0 Å². The molecule has 0 unspecified atom stereocenters. The number of nitrogens with zero attached hydrogens (tertiary/aromatic N) is 2. The molecular weight excluding hydrogens is 226 g/mol. The van der Waals surface area contributed by atoms with Crippen LogP contribution in [0.15, 0.2) is 40.9 Å². The number of nitrogens with one attached hydrogen (secondary N) is 1. The minimum absolute atomic E-state index is 0.527. The van der Waals surface area contributed by atoms with Crippen molar-refractivity contribution >= 4 is 0 Å². The largest absolute Gasteiger partial charge is 0.415 e. The summed E-state index contributed by atoms with van der Waals surface area (Å²) >= 11 is 0. The molecule has 0 saturated carbocycles. The van der Waals surface area contributed by atoms with E-state index in [1.165, 1.54) is 5.56 Å². The lowest BCUT2D eigenvalue weighted by molar-refractivity contribution is 0.582. The fourth-order valence-electron chi connectivity index (χ4n) is 1.84. The zero-order chi connectivity index (χ0) is 12.5. The normalized spacial score (nSPS) is 10.8. The van der Waals surface area contributed by atoms with Crippen LogP contribution in [0.5, 0.6) is 0 Å². The molecule has 0 spiro atoms. The Kier molecular flexibility index (Phi) is 2.48. The van der Waals surface area contributed by atoms with Gasteiger partial charge in [0.15, 0.2) is 0 Å². The number of aryl methyl sites for hydroxylation is 1. The van der Waals surface area contributed by atoms with E-state index < -0.39 is 0 Å². The number of hydrogen-bond acceptors (Lipinski definition) is 3. The van der Waals surface area contributed by atoms with Crippen LogP contribution in [0.25, 0.3) is 23.0 Å². The molecule has 0 fully saturated rings. The highest BCUT2D eigenvalue weighted by atomic mass is 16.4. The van der Waals surface area contributed by atoms with Gasteiger partial charge in [-0.05, 0) is 37.1 Å². The molecule has 3 rings (SSSR count). The van der Waals surface area contributed by atoms with Gasteiger partial charge in [0.25, 0.3) is 5.89 Å². The predicted octanol–water partition coefficient (Wildman–Crippen LogP) is 3.35. The van der Waals surface area contributed by atoms with Crippen LogP contribution in [0.3, 0.4) is 0 Å². The van der Waals surface area contributed by atoms with Crippen LogP contribution in [-0.4, -0.2) is 15.2 Å². The molecule has 18 heavy (non-hydrogen) atoms. The van der Waals surface area contributed by atoms with Gasteiger partial charge in [-0.3, -0.25) is 0 Å². The number of H-pyrrole nitrogens is 1. The van der Waals surface area contributed by atoms with Gasteiger partial charge in [0.1, 0.15) is 5.69 Å². The number of hydrogen-bond donors (Lipinski definition) is 1. The third-order valence-electron chi connectivity index (χ3n) is 3.06. The van der Waals surface area contributed by atoms with Crippen molar-refractivity contribution in [3.63, 3.8) is 0 Å². The summed E-state index contributed by atoms with van der Waals surface area (Å²) in [6, 6.07) is 9.75. The lowest BCUT2D eigenvalue weighted by Crippen LogP contribution is -1.80. The quantitative estimate of drug-likeness (QED) is 0.746. The Balaban J connectivity index is 2.02. The zero-order valence-electron chi connectivity index (χ0n) is 10.3. The molecule has 2 aromatic heterocycles. The summed E-state index contributed by atoms with van der Waals surface area (Å²) in [6.07, 6.45) is 1.94. The molecular formula is C14H13N3O. The van der Waals surface area contributed by atoms with Crippen molar-refractivity contribution < 1.29 is 4.42 Å². The standard InChI is InChI=1S/C14H13N3O/c1-9-8-15-12(10(9)2)14-17-16-13(18-14)11-6-4-3-5-7-11/h3-8,15H,1-2H3. The zero-order valence-corrected chi connectivity index (χ0v) is 10.3. The Morgan fingerprint density at radius 2 is 1.72 bits per heavy atom. The van der Waals surface area contributed by atoms with Crippen LogP contribution in [0.2, 0.25) is 0 Å². The molecule has 0 aliphatic heterocycles. The maximum Gasteiger partial charge on any atom is 0.264 e. The summed E-state index contributed by atoms with van der Waals surface area (Å²) in [5.74, 6) is 1.07. The van der Waals surface area contributed by atoms with Gasteiger partial charge >= 0.3 is 0 Å². The monoisotopic (exact) mass is 239 g/mol. The van der Waals surface area contributed by atoms with Crippen LogP contribution in [0.1, 0.15) is 11.1 Å². The molecule has 0 aliphatic rings. The van der Waals surface area contributed by atoms with E-state index in [9.17, 15) is 0 Å². The van der Waals surface area contributed by atoms with E-state index in [2.05, 4.69) is 15.2 Å². The van der Waals surface area contributed by atoms with Crippen molar-refractivity contribution in [1.82, 2.24) is 15.2 Å². The minimum atomic E-state index is 0.527. The van der Waals surface area contributed by atoms with E-state index in [0.29, 0.717) is 11.8 Å². The highest BCUT2D eigenvalue weighted by Gasteiger charge is 2.14. The van der Waals surface area contributed by atoms with Crippen molar-refractivity contribution in [2.45, 2.75) is 13.8 Å². The SMILES string of the molecule is Cc1c[nH]c(-c2nnc(-c3ccccc3)o2)c1C. The summed E-state index contributed by atoms with van der Waals surface area (Å²) in [5, 5.41) is 8.17. The molecule has 2 heterocycles. The van der Waals surface area contributed by atoms with Crippen molar-refractivity contribution in [2.24, 2.45) is 0 Å². The van der Waals surface area contributed by atoms with Gasteiger partial charge in [0, 0.05) is 11.8 Å². The lowest BCUT2D eigenvalue weighted by atomic mass is 10.2. The Bertz CT molecular complexity index is 667. The van der Waals surface area contributed by atoms with Crippen molar-refractivity contribution in [2.75, 3.05) is 0 Å². The summed E-state index contributed by atoms with van der Waals surface area (Å²) < 4.78 is 5.70. The van der Waals surface area contributed by atoms with Gasteiger partial charge in [0.2, 0.25) is 5.89 Å². The first-order chi connectivity index (χ1) is 8.75. The maximum absolute atomic E-state index is 5.70. The van der Waals surface area contributed by atoms with E-state index in [1.807, 2.05) is 50.4 Å². The number of aromatic nitrogens is 3. The highest BCUT2D eigenvalue weighted by Crippen LogP contribution is 2.26. The van der Waals surface area contributed by atoms with Gasteiger partial charge in [-0.25, -0.2) is 0 Å². The Hall–Kier alpha value is -2.36. The predicted molar refractivity (Wildman–Crippen MR) is 69.0 cm³/mol. The fourth-order valence-corrected chi connectivity index (χ4v) is 1.84. The molecule has 3 aromatic rings. The van der Waals surface area contributed by atoms with Crippen LogP contribution >= 0.6 is 0 Å². The van der Waals surface area contributed by atoms with E-state index in [4.69, 9.17) is 4.42 Å². The van der Waals surface area contributed by atoms with Crippen LogP contribution in [0.4, 0.5) is 0 Å². The van der Waals surface area contributed by atoms with Crippen molar-refractivity contribution in [1.29, 1.82) is 0 Å². The number of rotatable bonds is 2. The molecule has 0 bridgehead atoms. The first-order valence-corrected chi connectivity index (χ1v) is 5.79. The molecule has 0 radical (unpaired) electrons. The minimum Gasteiger partial charge on any atom is -0.415 e. The second kappa shape index (κ2) is 4.14. The Morgan fingerprint density at radius 3 is 2.39 bits per heavy atom. The van der Waals surface area contributed by atoms with E-state index in [-0.39, 0.29) is 0 Å². The van der Waals surface area contributed by atoms with Gasteiger partial charge in [-0.1, -0.05) is 18.2 Å². The van der Waals surface area contributed by atoms with Gasteiger partial charge in [0.05, 0.1) is 0 Å². The summed E-state index contributed by atoms with van der Waals surface area (Å²) in [7, 11) is 0. The van der Waals surface area contributed by atoms with E-state index in [0.717, 1.165) is 16.8 Å². The molecule has 1 aromatic carbocycles. The molecule has 1 N–H and O–H groups in total. The number of benzene rings is 1. The highest BCUT2D eigenvalue weighted by molar-refractivity contribution is 5.59. The fraction of sp³-hybridized carbons (Fsp3) is 0.143. The van der Waals surface area contributed by atoms with Gasteiger partial charge < -0.3 is 9.40 Å². The molecule has 90 valence electrons. The van der Waals surface area contributed by atoms with Crippen LogP contribution in [0, 0.1) is 13.8 Å². The average Bonchev–Trinajstić information content (AvgIpc) is 3.00. The topological polar surface area (TPSA) is 54.7 Å². The Morgan fingerprint density at radius 1 is 1.00 bits per heavy atom. The molecule has 4 heteroatoms. The Labute approximate surface area is 105 Å². The molecule has 0 aliphatic carbocycles. The van der Waals surface area contributed by atoms with Gasteiger partial charge in [-0.15, -0.1) is 10.2 Å². The lowest BCUT2D eigenvalue weighted by Gasteiger charge is -1.94. The van der Waals surface area contributed by atoms with Crippen LogP contribution < -0.4 is 0 Å². The first kappa shape index (κ1) is 10.8. The maximum atomic E-state index is 5.70. The molecule has 0 atom stereocenters. The molecule has 0 saturated heterocycles. The average molecular weight is 239 g/mol. The van der Waals surface area contributed by atoms with Crippen molar-refractivity contribution in [3.8, 4) is 23.0 Å². The second-order valence-corrected chi connectivity index (χ2v) is 4.25. The molecule has 4 nitrogen and oxygen atoms in total. The third kappa shape index (κ3) is 1.72. The molecule has 0 amide bonds. The van der Waals surface area contributed by atoms with E-state index >= 15 is 0 Å². The third-order valence-corrected chi connectivity index (χ3v) is 3.06. The van der Waals surface area contributed by atoms with Crippen LogP contribution in [-0.2, 0) is 0 Å². The smallest absolute Gasteiger partial charge is 0.264 e. The van der Waals surface area contributed by atoms with Crippen molar-refractivity contribution in [3.05, 3.63) is 47.7 Å². The summed E-state index contributed by atoms with van der Waals surface area (Å²) in [6.45, 7) is 4.08.